The number of hydrogen-bond donors (Lipinski definition) is 1. The molecule has 0 bridgehead atoms. The van der Waals surface area contributed by atoms with Gasteiger partial charge in [-0.25, -0.2) is 9.18 Å². The van der Waals surface area contributed by atoms with Gasteiger partial charge in [0.1, 0.15) is 5.82 Å². The number of halogens is 2. The minimum absolute atomic E-state index is 0.0553. The third-order valence-corrected chi connectivity index (χ3v) is 4.77. The molecule has 2 aromatic carbocycles. The molecule has 0 atom stereocenters. The first-order valence-corrected chi connectivity index (χ1v) is 9.23. The summed E-state index contributed by atoms with van der Waals surface area (Å²) in [5.41, 5.74) is 1.42. The molecule has 2 aromatic rings. The van der Waals surface area contributed by atoms with Crippen LogP contribution in [-0.2, 0) is 6.54 Å². The van der Waals surface area contributed by atoms with Crippen LogP contribution in [0.25, 0.3) is 0 Å². The van der Waals surface area contributed by atoms with Crippen molar-refractivity contribution in [3.8, 4) is 0 Å². The molecule has 5 nitrogen and oxygen atoms in total. The Kier molecular flexibility index (Phi) is 6.29. The lowest BCUT2D eigenvalue weighted by Crippen LogP contribution is -2.42. The van der Waals surface area contributed by atoms with Crippen LogP contribution in [0.1, 0.15) is 22.3 Å². The molecule has 0 saturated carbocycles. The van der Waals surface area contributed by atoms with E-state index in [1.54, 1.807) is 46.2 Å². The van der Waals surface area contributed by atoms with E-state index in [4.69, 9.17) is 11.6 Å². The fourth-order valence-corrected chi connectivity index (χ4v) is 3.12. The van der Waals surface area contributed by atoms with Crippen molar-refractivity contribution in [2.75, 3.05) is 26.2 Å². The van der Waals surface area contributed by atoms with E-state index in [9.17, 15) is 14.0 Å². The number of benzene rings is 2. The summed E-state index contributed by atoms with van der Waals surface area (Å²) in [6.45, 7) is 2.46. The maximum atomic E-state index is 12.9. The number of amides is 3. The highest BCUT2D eigenvalue weighted by molar-refractivity contribution is 6.30. The van der Waals surface area contributed by atoms with Crippen LogP contribution < -0.4 is 5.32 Å². The molecule has 0 radical (unpaired) electrons. The zero-order valence-electron chi connectivity index (χ0n) is 14.8. The van der Waals surface area contributed by atoms with Crippen molar-refractivity contribution >= 4 is 23.5 Å². The van der Waals surface area contributed by atoms with E-state index in [0.717, 1.165) is 5.56 Å². The van der Waals surface area contributed by atoms with Crippen molar-refractivity contribution in [2.24, 2.45) is 0 Å². The molecule has 3 rings (SSSR count). The SMILES string of the molecule is O=C(NCc1ccc(F)cc1)N1CCCN(C(=O)c2ccc(Cl)cc2)CC1. The molecule has 0 unspecified atom stereocenters. The molecular weight excluding hydrogens is 369 g/mol. The molecule has 0 spiro atoms. The highest BCUT2D eigenvalue weighted by Crippen LogP contribution is 2.13. The smallest absolute Gasteiger partial charge is 0.317 e. The third-order valence-electron chi connectivity index (χ3n) is 4.52. The van der Waals surface area contributed by atoms with E-state index >= 15 is 0 Å². The lowest BCUT2D eigenvalue weighted by Gasteiger charge is -2.22. The Morgan fingerprint density at radius 3 is 2.26 bits per heavy atom. The summed E-state index contributed by atoms with van der Waals surface area (Å²) in [6, 6.07) is 12.7. The Labute approximate surface area is 162 Å². The molecule has 1 fully saturated rings. The first-order valence-electron chi connectivity index (χ1n) is 8.85. The van der Waals surface area contributed by atoms with Gasteiger partial charge in [0.05, 0.1) is 0 Å². The van der Waals surface area contributed by atoms with Crippen molar-refractivity contribution in [2.45, 2.75) is 13.0 Å². The van der Waals surface area contributed by atoms with Crippen LogP contribution in [0.3, 0.4) is 0 Å². The number of nitrogens with zero attached hydrogens (tertiary/aromatic N) is 2. The van der Waals surface area contributed by atoms with Crippen molar-refractivity contribution in [3.63, 3.8) is 0 Å². The number of urea groups is 1. The lowest BCUT2D eigenvalue weighted by molar-refractivity contribution is 0.0762. The Balaban J connectivity index is 1.52. The zero-order valence-corrected chi connectivity index (χ0v) is 15.6. The molecule has 1 heterocycles. The average molecular weight is 390 g/mol. The number of rotatable bonds is 3. The molecule has 1 aliphatic heterocycles. The van der Waals surface area contributed by atoms with E-state index in [0.29, 0.717) is 49.7 Å². The molecule has 0 aromatic heterocycles. The van der Waals surface area contributed by atoms with Crippen molar-refractivity contribution in [1.82, 2.24) is 15.1 Å². The summed E-state index contributed by atoms with van der Waals surface area (Å²) >= 11 is 5.87. The van der Waals surface area contributed by atoms with Gasteiger partial charge >= 0.3 is 6.03 Å². The zero-order chi connectivity index (χ0) is 19.2. The third kappa shape index (κ3) is 5.20. The van der Waals surface area contributed by atoms with Crippen LogP contribution in [0.5, 0.6) is 0 Å². The van der Waals surface area contributed by atoms with Crippen LogP contribution in [0.2, 0.25) is 5.02 Å². The van der Waals surface area contributed by atoms with E-state index in [1.165, 1.54) is 12.1 Å². The van der Waals surface area contributed by atoms with Crippen LogP contribution in [0.15, 0.2) is 48.5 Å². The van der Waals surface area contributed by atoms with Gasteiger partial charge in [-0.15, -0.1) is 0 Å². The van der Waals surface area contributed by atoms with E-state index in [-0.39, 0.29) is 17.8 Å². The Hall–Kier alpha value is -2.60. The van der Waals surface area contributed by atoms with Crippen molar-refractivity contribution in [1.29, 1.82) is 0 Å². The first kappa shape index (κ1) is 19.2. The molecule has 142 valence electrons. The summed E-state index contributed by atoms with van der Waals surface area (Å²) in [5.74, 6) is -0.358. The second kappa shape index (κ2) is 8.86. The minimum Gasteiger partial charge on any atom is -0.337 e. The minimum atomic E-state index is -0.303. The van der Waals surface area contributed by atoms with Gasteiger partial charge in [0.25, 0.3) is 5.91 Å². The van der Waals surface area contributed by atoms with Crippen molar-refractivity contribution in [3.05, 3.63) is 70.5 Å². The maximum absolute atomic E-state index is 12.9. The normalized spacial score (nSPS) is 14.6. The summed E-state index contributed by atoms with van der Waals surface area (Å²) < 4.78 is 12.9. The molecule has 1 aliphatic rings. The highest BCUT2D eigenvalue weighted by Gasteiger charge is 2.22. The second-order valence-corrected chi connectivity index (χ2v) is 6.86. The molecule has 27 heavy (non-hydrogen) atoms. The standard InChI is InChI=1S/C20H21ClFN3O2/c21-17-6-4-16(5-7-17)19(26)24-10-1-11-25(13-12-24)20(27)23-14-15-2-8-18(22)9-3-15/h2-9H,1,10-14H2,(H,23,27). The second-order valence-electron chi connectivity index (χ2n) is 6.42. The number of nitrogens with one attached hydrogen (secondary N) is 1. The van der Waals surface area contributed by atoms with Crippen LogP contribution in [-0.4, -0.2) is 47.9 Å². The average Bonchev–Trinajstić information content (AvgIpc) is 2.94. The predicted octanol–water partition coefficient (Wildman–Crippen LogP) is 3.54. The number of carbonyl (C=O) groups excluding carboxylic acids is 2. The van der Waals surface area contributed by atoms with Gasteiger partial charge in [-0.3, -0.25) is 4.79 Å². The van der Waals surface area contributed by atoms with Crippen molar-refractivity contribution < 1.29 is 14.0 Å². The quantitative estimate of drug-likeness (QED) is 0.873. The summed E-state index contributed by atoms with van der Waals surface area (Å²) in [4.78, 5) is 28.5. The van der Waals surface area contributed by atoms with E-state index < -0.39 is 0 Å². The Bertz CT molecular complexity index is 796. The maximum Gasteiger partial charge on any atom is 0.317 e. The van der Waals surface area contributed by atoms with Crippen LogP contribution >= 0.6 is 11.6 Å². The van der Waals surface area contributed by atoms with E-state index in [1.807, 2.05) is 0 Å². The predicted molar refractivity (Wildman–Crippen MR) is 102 cm³/mol. The molecule has 0 aliphatic carbocycles. The lowest BCUT2D eigenvalue weighted by atomic mass is 10.2. The van der Waals surface area contributed by atoms with Crippen LogP contribution in [0, 0.1) is 5.82 Å². The first-order chi connectivity index (χ1) is 13.0. The van der Waals surface area contributed by atoms with E-state index in [2.05, 4.69) is 5.32 Å². The Morgan fingerprint density at radius 1 is 0.926 bits per heavy atom. The molecular formula is C20H21ClFN3O2. The highest BCUT2D eigenvalue weighted by atomic mass is 35.5. The molecule has 1 N–H and O–H groups in total. The Morgan fingerprint density at radius 2 is 1.56 bits per heavy atom. The molecule has 7 heteroatoms. The fourth-order valence-electron chi connectivity index (χ4n) is 2.99. The van der Waals surface area contributed by atoms with Gasteiger partial charge in [0.15, 0.2) is 0 Å². The van der Waals surface area contributed by atoms with Gasteiger partial charge < -0.3 is 15.1 Å². The van der Waals surface area contributed by atoms with Gasteiger partial charge in [-0.1, -0.05) is 23.7 Å². The summed E-state index contributed by atoms with van der Waals surface area (Å²) in [7, 11) is 0. The topological polar surface area (TPSA) is 52.7 Å². The van der Waals surface area contributed by atoms with Gasteiger partial charge in [-0.05, 0) is 48.4 Å². The van der Waals surface area contributed by atoms with Gasteiger partial charge in [-0.2, -0.15) is 0 Å². The largest absolute Gasteiger partial charge is 0.337 e. The molecule has 3 amide bonds. The molecule has 1 saturated heterocycles. The summed E-state index contributed by atoms with van der Waals surface area (Å²) in [6.07, 6.45) is 0.712. The van der Waals surface area contributed by atoms with Gasteiger partial charge in [0.2, 0.25) is 0 Å². The monoisotopic (exact) mass is 389 g/mol. The number of hydrogen-bond acceptors (Lipinski definition) is 2. The fraction of sp³-hybridized carbons (Fsp3) is 0.300. The number of carbonyl (C=O) groups is 2. The van der Waals surface area contributed by atoms with Crippen LogP contribution in [0.4, 0.5) is 9.18 Å². The van der Waals surface area contributed by atoms with Gasteiger partial charge in [0, 0.05) is 43.3 Å². The summed E-state index contributed by atoms with van der Waals surface area (Å²) in [5, 5.41) is 3.43.